The maximum atomic E-state index is 13.2. The number of nitrogens with two attached hydrogens (primary N) is 1. The van der Waals surface area contributed by atoms with E-state index in [9.17, 15) is 4.79 Å². The first-order chi connectivity index (χ1) is 13.2. The quantitative estimate of drug-likeness (QED) is 0.857. The summed E-state index contributed by atoms with van der Waals surface area (Å²) >= 11 is 0. The van der Waals surface area contributed by atoms with Crippen molar-refractivity contribution in [3.05, 3.63) is 35.9 Å². The number of amides is 1. The lowest BCUT2D eigenvalue weighted by molar-refractivity contribution is 0.0925. The highest BCUT2D eigenvalue weighted by Crippen LogP contribution is 2.32. The summed E-state index contributed by atoms with van der Waals surface area (Å²) in [5.41, 5.74) is 7.35. The minimum Gasteiger partial charge on any atom is -0.378 e. The van der Waals surface area contributed by atoms with Crippen molar-refractivity contribution < 1.29 is 14.1 Å². The van der Waals surface area contributed by atoms with Gasteiger partial charge in [0.05, 0.1) is 13.2 Å². The highest BCUT2D eigenvalue weighted by Gasteiger charge is 2.30. The summed E-state index contributed by atoms with van der Waals surface area (Å²) in [4.78, 5) is 15.3. The smallest absolute Gasteiger partial charge is 0.259 e. The highest BCUT2D eigenvalue weighted by atomic mass is 16.5. The predicted octanol–water partition coefficient (Wildman–Crippen LogP) is 2.18. The van der Waals surface area contributed by atoms with Gasteiger partial charge < -0.3 is 25.2 Å². The van der Waals surface area contributed by atoms with Gasteiger partial charge in [-0.1, -0.05) is 35.5 Å². The zero-order chi connectivity index (χ0) is 18.6. The fourth-order valence-electron chi connectivity index (χ4n) is 3.79. The average Bonchev–Trinajstić information content (AvgIpc) is 3.16. The number of anilines is 1. The number of aromatic nitrogens is 1. The Labute approximate surface area is 158 Å². The van der Waals surface area contributed by atoms with Crippen LogP contribution in [0.5, 0.6) is 0 Å². The molecule has 1 aromatic carbocycles. The largest absolute Gasteiger partial charge is 0.378 e. The molecule has 7 heteroatoms. The van der Waals surface area contributed by atoms with E-state index >= 15 is 0 Å². The SMILES string of the molecule is NC1CCC(NC(=O)c2c(N3CCOCC3)noc2-c2ccccc2)CC1. The fourth-order valence-corrected chi connectivity index (χ4v) is 3.79. The molecule has 27 heavy (non-hydrogen) atoms. The molecular weight excluding hydrogens is 344 g/mol. The standard InChI is InChI=1S/C20H26N4O3/c21-15-6-8-16(9-7-15)22-20(25)17-18(14-4-2-1-3-5-14)27-23-19(17)24-10-12-26-13-11-24/h1-5,15-16H,6-13,21H2,(H,22,25). The predicted molar refractivity (Wildman–Crippen MR) is 103 cm³/mol. The molecule has 2 aromatic rings. The van der Waals surface area contributed by atoms with E-state index < -0.39 is 0 Å². The van der Waals surface area contributed by atoms with Crippen molar-refractivity contribution in [2.75, 3.05) is 31.2 Å². The molecule has 144 valence electrons. The van der Waals surface area contributed by atoms with Gasteiger partial charge in [-0.3, -0.25) is 4.79 Å². The summed E-state index contributed by atoms with van der Waals surface area (Å²) in [5.74, 6) is 0.987. The maximum Gasteiger partial charge on any atom is 0.259 e. The number of ether oxygens (including phenoxy) is 1. The Hall–Kier alpha value is -2.38. The third-order valence-corrected chi connectivity index (χ3v) is 5.35. The van der Waals surface area contributed by atoms with E-state index in [1.807, 2.05) is 30.3 Å². The van der Waals surface area contributed by atoms with Crippen LogP contribution in [0.15, 0.2) is 34.9 Å². The number of nitrogens with zero attached hydrogens (tertiary/aromatic N) is 2. The first-order valence-corrected chi connectivity index (χ1v) is 9.66. The lowest BCUT2D eigenvalue weighted by Crippen LogP contribution is -2.42. The maximum absolute atomic E-state index is 13.2. The lowest BCUT2D eigenvalue weighted by Gasteiger charge is -2.28. The number of hydrogen-bond acceptors (Lipinski definition) is 6. The van der Waals surface area contributed by atoms with Gasteiger partial charge in [-0.2, -0.15) is 0 Å². The molecule has 1 aliphatic carbocycles. The molecule has 1 aliphatic heterocycles. The molecule has 0 radical (unpaired) electrons. The molecule has 0 atom stereocenters. The monoisotopic (exact) mass is 370 g/mol. The Bertz CT molecular complexity index is 763. The van der Waals surface area contributed by atoms with Crippen molar-refractivity contribution in [2.45, 2.75) is 37.8 Å². The number of morpholine rings is 1. The van der Waals surface area contributed by atoms with Crippen LogP contribution in [0.25, 0.3) is 11.3 Å². The number of carbonyl (C=O) groups excluding carboxylic acids is 1. The van der Waals surface area contributed by atoms with Gasteiger partial charge in [0.2, 0.25) is 0 Å². The Kier molecular flexibility index (Phi) is 5.40. The minimum absolute atomic E-state index is 0.128. The molecule has 1 amide bonds. The zero-order valence-electron chi connectivity index (χ0n) is 15.4. The van der Waals surface area contributed by atoms with Crippen molar-refractivity contribution in [2.24, 2.45) is 5.73 Å². The van der Waals surface area contributed by atoms with Crippen LogP contribution >= 0.6 is 0 Å². The van der Waals surface area contributed by atoms with Crippen LogP contribution in [0.4, 0.5) is 5.82 Å². The van der Waals surface area contributed by atoms with E-state index in [1.54, 1.807) is 0 Å². The van der Waals surface area contributed by atoms with E-state index in [1.165, 1.54) is 0 Å². The van der Waals surface area contributed by atoms with E-state index in [2.05, 4.69) is 15.4 Å². The number of hydrogen-bond donors (Lipinski definition) is 2. The molecule has 1 aromatic heterocycles. The molecule has 4 rings (SSSR count). The minimum atomic E-state index is -0.128. The number of nitrogens with one attached hydrogen (secondary N) is 1. The van der Waals surface area contributed by atoms with Crippen LogP contribution < -0.4 is 16.0 Å². The second-order valence-corrected chi connectivity index (χ2v) is 7.26. The second-order valence-electron chi connectivity index (χ2n) is 7.26. The van der Waals surface area contributed by atoms with Gasteiger partial charge in [0.1, 0.15) is 5.56 Å². The van der Waals surface area contributed by atoms with Crippen molar-refractivity contribution >= 4 is 11.7 Å². The van der Waals surface area contributed by atoms with Crippen molar-refractivity contribution in [1.29, 1.82) is 0 Å². The first-order valence-electron chi connectivity index (χ1n) is 9.66. The van der Waals surface area contributed by atoms with Crippen LogP contribution in [0.3, 0.4) is 0 Å². The normalized spacial score (nSPS) is 23.2. The lowest BCUT2D eigenvalue weighted by atomic mass is 9.91. The first kappa shape index (κ1) is 18.0. The zero-order valence-corrected chi connectivity index (χ0v) is 15.4. The molecule has 1 saturated carbocycles. The highest BCUT2D eigenvalue weighted by molar-refractivity contribution is 6.04. The molecule has 3 N–H and O–H groups in total. The van der Waals surface area contributed by atoms with Gasteiger partial charge >= 0.3 is 0 Å². The summed E-state index contributed by atoms with van der Waals surface area (Å²) < 4.78 is 11.1. The summed E-state index contributed by atoms with van der Waals surface area (Å²) in [5, 5.41) is 7.44. The van der Waals surface area contributed by atoms with Crippen LogP contribution in [-0.4, -0.2) is 49.5 Å². The van der Waals surface area contributed by atoms with Gasteiger partial charge in [-0.15, -0.1) is 0 Å². The molecule has 0 bridgehead atoms. The molecule has 1 saturated heterocycles. The van der Waals surface area contributed by atoms with Gasteiger partial charge in [0, 0.05) is 30.7 Å². The molecule has 0 unspecified atom stereocenters. The van der Waals surface area contributed by atoms with Crippen LogP contribution in [-0.2, 0) is 4.74 Å². The summed E-state index contributed by atoms with van der Waals surface area (Å²) in [7, 11) is 0. The average molecular weight is 370 g/mol. The van der Waals surface area contributed by atoms with E-state index in [4.69, 9.17) is 15.0 Å². The van der Waals surface area contributed by atoms with Gasteiger partial charge in [0.25, 0.3) is 5.91 Å². The van der Waals surface area contributed by atoms with E-state index in [-0.39, 0.29) is 18.0 Å². The molecule has 7 nitrogen and oxygen atoms in total. The van der Waals surface area contributed by atoms with Gasteiger partial charge in [-0.05, 0) is 25.7 Å². The van der Waals surface area contributed by atoms with Crippen molar-refractivity contribution in [1.82, 2.24) is 10.5 Å². The summed E-state index contributed by atoms with van der Waals surface area (Å²) in [6.07, 6.45) is 3.70. The van der Waals surface area contributed by atoms with Crippen molar-refractivity contribution in [3.63, 3.8) is 0 Å². The third kappa shape index (κ3) is 3.99. The van der Waals surface area contributed by atoms with Crippen LogP contribution in [0, 0.1) is 0 Å². The molecular formula is C20H26N4O3. The van der Waals surface area contributed by atoms with Gasteiger partial charge in [-0.25, -0.2) is 0 Å². The summed E-state index contributed by atoms with van der Waals surface area (Å²) in [6.45, 7) is 2.63. The van der Waals surface area contributed by atoms with E-state index in [0.717, 1.165) is 31.2 Å². The van der Waals surface area contributed by atoms with E-state index in [0.29, 0.717) is 43.4 Å². The molecule has 0 spiro atoms. The number of carbonyl (C=O) groups is 1. The third-order valence-electron chi connectivity index (χ3n) is 5.35. The molecule has 2 aliphatic rings. The topological polar surface area (TPSA) is 93.6 Å². The summed E-state index contributed by atoms with van der Waals surface area (Å²) in [6, 6.07) is 10.0. The van der Waals surface area contributed by atoms with Crippen LogP contribution in [0.2, 0.25) is 0 Å². The Balaban J connectivity index is 1.63. The Morgan fingerprint density at radius 3 is 2.52 bits per heavy atom. The number of rotatable bonds is 4. The van der Waals surface area contributed by atoms with Crippen LogP contribution in [0.1, 0.15) is 36.0 Å². The van der Waals surface area contributed by atoms with Gasteiger partial charge in [0.15, 0.2) is 11.6 Å². The Morgan fingerprint density at radius 1 is 1.11 bits per heavy atom. The fraction of sp³-hybridized carbons (Fsp3) is 0.500. The second kappa shape index (κ2) is 8.10. The van der Waals surface area contributed by atoms with Crippen molar-refractivity contribution in [3.8, 4) is 11.3 Å². The molecule has 2 heterocycles. The molecule has 2 fully saturated rings. The Morgan fingerprint density at radius 2 is 1.81 bits per heavy atom. The number of benzene rings is 1.